The summed E-state index contributed by atoms with van der Waals surface area (Å²) >= 11 is 0. The molecule has 2 nitrogen and oxygen atoms in total. The van der Waals surface area contributed by atoms with Gasteiger partial charge >= 0.3 is 0 Å². The van der Waals surface area contributed by atoms with E-state index in [1.165, 1.54) is 64.7 Å². The van der Waals surface area contributed by atoms with Gasteiger partial charge in [-0.2, -0.15) is 0 Å². The smallest absolute Gasteiger partial charge is 0.0280 e. The summed E-state index contributed by atoms with van der Waals surface area (Å²) in [5, 5.41) is 3.74. The minimum absolute atomic E-state index is 0.391. The van der Waals surface area contributed by atoms with Crippen LogP contribution in [-0.2, 0) is 0 Å². The standard InChI is InChI=1S/C14H28N2/c1-3-10-16(11-13-6-7-13)12-14(2)8-4-5-9-15-14/h13,15H,3-12H2,1-2H3. The van der Waals surface area contributed by atoms with Crippen molar-refractivity contribution >= 4 is 0 Å². The Morgan fingerprint density at radius 3 is 2.69 bits per heavy atom. The molecule has 1 N–H and O–H groups in total. The van der Waals surface area contributed by atoms with E-state index in [-0.39, 0.29) is 0 Å². The van der Waals surface area contributed by atoms with Crippen LogP contribution in [0.5, 0.6) is 0 Å². The fraction of sp³-hybridized carbons (Fsp3) is 1.00. The summed E-state index contributed by atoms with van der Waals surface area (Å²) in [5.41, 5.74) is 0.391. The second-order valence-electron chi connectivity index (χ2n) is 6.12. The van der Waals surface area contributed by atoms with Crippen LogP contribution < -0.4 is 5.32 Å². The lowest BCUT2D eigenvalue weighted by molar-refractivity contribution is 0.159. The molecule has 0 spiro atoms. The summed E-state index contributed by atoms with van der Waals surface area (Å²) in [6.07, 6.45) is 8.38. The van der Waals surface area contributed by atoms with Crippen LogP contribution in [0, 0.1) is 5.92 Å². The summed E-state index contributed by atoms with van der Waals surface area (Å²) in [6, 6.07) is 0. The molecule has 1 aliphatic carbocycles. The van der Waals surface area contributed by atoms with E-state index in [1.807, 2.05) is 0 Å². The van der Waals surface area contributed by atoms with Gasteiger partial charge in [0.1, 0.15) is 0 Å². The van der Waals surface area contributed by atoms with Crippen LogP contribution in [-0.4, -0.2) is 36.6 Å². The zero-order chi connectivity index (χ0) is 11.4. The van der Waals surface area contributed by atoms with Crippen LogP contribution in [0.1, 0.15) is 52.4 Å². The van der Waals surface area contributed by atoms with E-state index in [2.05, 4.69) is 24.1 Å². The van der Waals surface area contributed by atoms with Gasteiger partial charge in [-0.15, -0.1) is 0 Å². The van der Waals surface area contributed by atoms with Gasteiger partial charge in [-0.25, -0.2) is 0 Å². The number of hydrogen-bond donors (Lipinski definition) is 1. The first-order valence-electron chi connectivity index (χ1n) is 7.19. The molecule has 1 saturated carbocycles. The van der Waals surface area contributed by atoms with Crippen molar-refractivity contribution in [2.24, 2.45) is 5.92 Å². The molecule has 1 heterocycles. The maximum Gasteiger partial charge on any atom is 0.0280 e. The quantitative estimate of drug-likeness (QED) is 0.746. The van der Waals surface area contributed by atoms with Crippen LogP contribution in [0.3, 0.4) is 0 Å². The Morgan fingerprint density at radius 2 is 2.12 bits per heavy atom. The van der Waals surface area contributed by atoms with Crippen molar-refractivity contribution < 1.29 is 0 Å². The Hall–Kier alpha value is -0.0800. The molecule has 94 valence electrons. The lowest BCUT2D eigenvalue weighted by atomic mass is 9.90. The Balaban J connectivity index is 1.81. The minimum Gasteiger partial charge on any atom is -0.310 e. The Kier molecular flexibility index (Phi) is 4.26. The largest absolute Gasteiger partial charge is 0.310 e. The molecule has 0 radical (unpaired) electrons. The highest BCUT2D eigenvalue weighted by Gasteiger charge is 2.31. The molecule has 16 heavy (non-hydrogen) atoms. The van der Waals surface area contributed by atoms with Gasteiger partial charge in [0.05, 0.1) is 0 Å². The summed E-state index contributed by atoms with van der Waals surface area (Å²) in [4.78, 5) is 2.70. The molecule has 1 aliphatic heterocycles. The summed E-state index contributed by atoms with van der Waals surface area (Å²) in [5.74, 6) is 1.03. The van der Waals surface area contributed by atoms with Crippen LogP contribution >= 0.6 is 0 Å². The molecular weight excluding hydrogens is 196 g/mol. The van der Waals surface area contributed by atoms with Crippen LogP contribution in [0.15, 0.2) is 0 Å². The van der Waals surface area contributed by atoms with Gasteiger partial charge in [0.15, 0.2) is 0 Å². The normalized spacial score (nSPS) is 30.9. The highest BCUT2D eigenvalue weighted by molar-refractivity contribution is 4.90. The molecule has 2 fully saturated rings. The lowest BCUT2D eigenvalue weighted by Gasteiger charge is -2.39. The first kappa shape index (κ1) is 12.4. The Morgan fingerprint density at radius 1 is 1.31 bits per heavy atom. The fourth-order valence-corrected chi connectivity index (χ4v) is 2.96. The van der Waals surface area contributed by atoms with Gasteiger partial charge < -0.3 is 10.2 Å². The maximum atomic E-state index is 3.74. The predicted octanol–water partition coefficient (Wildman–Crippen LogP) is 2.64. The zero-order valence-electron chi connectivity index (χ0n) is 11.1. The molecule has 2 heteroatoms. The molecule has 0 aromatic carbocycles. The summed E-state index contributed by atoms with van der Waals surface area (Å²) < 4.78 is 0. The van der Waals surface area contributed by atoms with Crippen LogP contribution in [0.25, 0.3) is 0 Å². The van der Waals surface area contributed by atoms with E-state index in [4.69, 9.17) is 0 Å². The number of rotatable bonds is 6. The zero-order valence-corrected chi connectivity index (χ0v) is 11.1. The van der Waals surface area contributed by atoms with Crippen molar-refractivity contribution in [2.45, 2.75) is 57.9 Å². The van der Waals surface area contributed by atoms with Crippen molar-refractivity contribution in [1.82, 2.24) is 10.2 Å². The fourth-order valence-electron chi connectivity index (χ4n) is 2.96. The van der Waals surface area contributed by atoms with Crippen molar-refractivity contribution in [3.8, 4) is 0 Å². The molecular formula is C14H28N2. The van der Waals surface area contributed by atoms with E-state index in [0.717, 1.165) is 5.92 Å². The van der Waals surface area contributed by atoms with Gasteiger partial charge in [-0.05, 0) is 58.0 Å². The first-order valence-corrected chi connectivity index (χ1v) is 7.19. The lowest BCUT2D eigenvalue weighted by Crippen LogP contribution is -2.54. The molecule has 1 saturated heterocycles. The third-order valence-electron chi connectivity index (χ3n) is 4.03. The van der Waals surface area contributed by atoms with E-state index in [1.54, 1.807) is 0 Å². The molecule has 2 rings (SSSR count). The van der Waals surface area contributed by atoms with Crippen molar-refractivity contribution in [2.75, 3.05) is 26.2 Å². The monoisotopic (exact) mass is 224 g/mol. The van der Waals surface area contributed by atoms with Gasteiger partial charge in [-0.3, -0.25) is 0 Å². The number of nitrogens with zero attached hydrogens (tertiary/aromatic N) is 1. The minimum atomic E-state index is 0.391. The van der Waals surface area contributed by atoms with E-state index < -0.39 is 0 Å². The number of piperidine rings is 1. The molecule has 0 amide bonds. The molecule has 2 aliphatic rings. The molecule has 1 unspecified atom stereocenters. The van der Waals surface area contributed by atoms with E-state index in [9.17, 15) is 0 Å². The number of nitrogens with one attached hydrogen (secondary N) is 1. The topological polar surface area (TPSA) is 15.3 Å². The summed E-state index contributed by atoms with van der Waals surface area (Å²) in [6.45, 7) is 9.84. The third kappa shape index (κ3) is 3.74. The highest BCUT2D eigenvalue weighted by Crippen LogP contribution is 2.30. The molecule has 0 bridgehead atoms. The second kappa shape index (κ2) is 5.50. The average Bonchev–Trinajstić information content (AvgIpc) is 3.02. The molecule has 0 aromatic heterocycles. The van der Waals surface area contributed by atoms with Crippen molar-refractivity contribution in [1.29, 1.82) is 0 Å². The van der Waals surface area contributed by atoms with E-state index in [0.29, 0.717) is 5.54 Å². The van der Waals surface area contributed by atoms with Crippen molar-refractivity contribution in [3.05, 3.63) is 0 Å². The highest BCUT2D eigenvalue weighted by atomic mass is 15.2. The maximum absolute atomic E-state index is 3.74. The summed E-state index contributed by atoms with van der Waals surface area (Å²) in [7, 11) is 0. The van der Waals surface area contributed by atoms with Gasteiger partial charge in [0.25, 0.3) is 0 Å². The van der Waals surface area contributed by atoms with E-state index >= 15 is 0 Å². The molecule has 1 atom stereocenters. The van der Waals surface area contributed by atoms with Crippen molar-refractivity contribution in [3.63, 3.8) is 0 Å². The first-order chi connectivity index (χ1) is 7.72. The average molecular weight is 224 g/mol. The van der Waals surface area contributed by atoms with Gasteiger partial charge in [-0.1, -0.05) is 13.3 Å². The van der Waals surface area contributed by atoms with Gasteiger partial charge in [0, 0.05) is 18.6 Å². The molecule has 0 aromatic rings. The van der Waals surface area contributed by atoms with Crippen LogP contribution in [0.4, 0.5) is 0 Å². The third-order valence-corrected chi connectivity index (χ3v) is 4.03. The van der Waals surface area contributed by atoms with Gasteiger partial charge in [0.2, 0.25) is 0 Å². The van der Waals surface area contributed by atoms with Crippen LogP contribution in [0.2, 0.25) is 0 Å². The predicted molar refractivity (Wildman–Crippen MR) is 69.7 cm³/mol. The second-order valence-corrected chi connectivity index (χ2v) is 6.12. The number of hydrogen-bond acceptors (Lipinski definition) is 2. The Labute approximate surface area is 101 Å². The SMILES string of the molecule is CCCN(CC1CC1)CC1(C)CCCCN1. The Bertz CT molecular complexity index is 205.